The smallest absolute Gasteiger partial charge is 0.143 e. The number of amidine groups is 1. The lowest BCUT2D eigenvalue weighted by molar-refractivity contribution is 0.913. The molecule has 0 saturated carbocycles. The fraction of sp³-hybridized carbons (Fsp3) is 0.200. The molecule has 0 radical (unpaired) electrons. The zero-order valence-electron chi connectivity index (χ0n) is 11.2. The summed E-state index contributed by atoms with van der Waals surface area (Å²) in [5.74, 6) is -0.00769. The van der Waals surface area contributed by atoms with Crippen molar-refractivity contribution in [3.8, 4) is 0 Å². The van der Waals surface area contributed by atoms with Crippen molar-refractivity contribution in [2.24, 2.45) is 5.73 Å². The van der Waals surface area contributed by atoms with Crippen LogP contribution >= 0.6 is 0 Å². The molecule has 0 amide bonds. The van der Waals surface area contributed by atoms with E-state index in [2.05, 4.69) is 35.0 Å². The van der Waals surface area contributed by atoms with E-state index in [0.29, 0.717) is 5.69 Å². The molecular formula is C15H18N4. The highest BCUT2D eigenvalue weighted by molar-refractivity contribution is 5.98. The highest BCUT2D eigenvalue weighted by Crippen LogP contribution is 2.19. The Hall–Kier alpha value is -2.36. The van der Waals surface area contributed by atoms with Gasteiger partial charge in [0.05, 0.1) is 5.69 Å². The van der Waals surface area contributed by atoms with Gasteiger partial charge in [-0.1, -0.05) is 29.8 Å². The van der Waals surface area contributed by atoms with Gasteiger partial charge in [-0.25, -0.2) is 0 Å². The number of hydrogen-bond acceptors (Lipinski definition) is 3. The lowest BCUT2D eigenvalue weighted by Crippen LogP contribution is -2.23. The molecule has 3 N–H and O–H groups in total. The Morgan fingerprint density at radius 2 is 2.11 bits per heavy atom. The Morgan fingerprint density at radius 3 is 2.79 bits per heavy atom. The van der Waals surface area contributed by atoms with Crippen molar-refractivity contribution in [2.45, 2.75) is 13.5 Å². The molecule has 1 aromatic heterocycles. The van der Waals surface area contributed by atoms with E-state index in [-0.39, 0.29) is 5.84 Å². The number of nitrogen functional groups attached to an aromatic ring is 1. The summed E-state index contributed by atoms with van der Waals surface area (Å²) >= 11 is 0. The summed E-state index contributed by atoms with van der Waals surface area (Å²) in [6, 6.07) is 12.2. The van der Waals surface area contributed by atoms with Crippen LogP contribution in [0.5, 0.6) is 0 Å². The first-order valence-corrected chi connectivity index (χ1v) is 6.14. The molecule has 98 valence electrons. The molecule has 0 spiro atoms. The molecule has 0 saturated heterocycles. The van der Waals surface area contributed by atoms with Crippen molar-refractivity contribution in [3.63, 3.8) is 0 Å². The fourth-order valence-electron chi connectivity index (χ4n) is 2.08. The highest BCUT2D eigenvalue weighted by Gasteiger charge is 2.10. The first-order valence-electron chi connectivity index (χ1n) is 6.14. The van der Waals surface area contributed by atoms with Crippen LogP contribution in [0.15, 0.2) is 42.6 Å². The predicted molar refractivity (Wildman–Crippen MR) is 78.5 cm³/mol. The quantitative estimate of drug-likeness (QED) is 0.650. The number of aromatic nitrogens is 1. The Labute approximate surface area is 113 Å². The van der Waals surface area contributed by atoms with Crippen LogP contribution in [0.4, 0.5) is 5.69 Å². The Balaban J connectivity index is 2.25. The van der Waals surface area contributed by atoms with E-state index in [1.807, 2.05) is 25.2 Å². The third kappa shape index (κ3) is 3.10. The molecule has 0 fully saturated rings. The molecule has 0 bridgehead atoms. The second-order valence-electron chi connectivity index (χ2n) is 4.63. The minimum absolute atomic E-state index is 0.00769. The molecule has 1 aromatic carbocycles. The summed E-state index contributed by atoms with van der Waals surface area (Å²) in [6.07, 6.45) is 1.65. The summed E-state index contributed by atoms with van der Waals surface area (Å²) in [6.45, 7) is 2.84. The Bertz CT molecular complexity index is 592. The SMILES string of the molecule is Cc1cccc(CN(C)c2cccnc2C(=N)N)c1. The van der Waals surface area contributed by atoms with Crippen LogP contribution in [-0.4, -0.2) is 17.9 Å². The first-order chi connectivity index (χ1) is 9.08. The highest BCUT2D eigenvalue weighted by atomic mass is 15.1. The van der Waals surface area contributed by atoms with E-state index in [1.54, 1.807) is 6.20 Å². The number of aryl methyl sites for hydroxylation is 1. The van der Waals surface area contributed by atoms with Crippen LogP contribution in [0, 0.1) is 12.3 Å². The van der Waals surface area contributed by atoms with Crippen molar-refractivity contribution in [1.29, 1.82) is 5.41 Å². The summed E-state index contributed by atoms with van der Waals surface area (Å²) in [7, 11) is 1.98. The first kappa shape index (κ1) is 13.1. The van der Waals surface area contributed by atoms with E-state index < -0.39 is 0 Å². The predicted octanol–water partition coefficient (Wildman–Crippen LogP) is 2.31. The van der Waals surface area contributed by atoms with Gasteiger partial charge in [-0.2, -0.15) is 0 Å². The zero-order chi connectivity index (χ0) is 13.8. The third-order valence-corrected chi connectivity index (χ3v) is 2.96. The van der Waals surface area contributed by atoms with Crippen molar-refractivity contribution in [3.05, 3.63) is 59.4 Å². The van der Waals surface area contributed by atoms with E-state index in [4.69, 9.17) is 11.1 Å². The van der Waals surface area contributed by atoms with Gasteiger partial charge in [0, 0.05) is 19.8 Å². The largest absolute Gasteiger partial charge is 0.382 e. The summed E-state index contributed by atoms with van der Waals surface area (Å²) in [5.41, 5.74) is 9.42. The second-order valence-corrected chi connectivity index (χ2v) is 4.63. The summed E-state index contributed by atoms with van der Waals surface area (Å²) < 4.78 is 0. The minimum atomic E-state index is -0.00769. The van der Waals surface area contributed by atoms with Crippen molar-refractivity contribution in [1.82, 2.24) is 4.98 Å². The maximum absolute atomic E-state index is 7.57. The van der Waals surface area contributed by atoms with Crippen LogP contribution in [0.2, 0.25) is 0 Å². The third-order valence-electron chi connectivity index (χ3n) is 2.96. The molecule has 0 atom stereocenters. The number of pyridine rings is 1. The average molecular weight is 254 g/mol. The number of hydrogen-bond donors (Lipinski definition) is 2. The molecule has 4 nitrogen and oxygen atoms in total. The van der Waals surface area contributed by atoms with Gasteiger partial charge in [0.1, 0.15) is 11.5 Å². The average Bonchev–Trinajstić information content (AvgIpc) is 2.38. The van der Waals surface area contributed by atoms with Crippen molar-refractivity contribution in [2.75, 3.05) is 11.9 Å². The molecule has 2 aromatic rings. The Morgan fingerprint density at radius 1 is 1.32 bits per heavy atom. The van der Waals surface area contributed by atoms with Crippen molar-refractivity contribution < 1.29 is 0 Å². The molecule has 1 heterocycles. The van der Waals surface area contributed by atoms with Gasteiger partial charge in [0.25, 0.3) is 0 Å². The number of rotatable bonds is 4. The molecule has 0 aliphatic carbocycles. The van der Waals surface area contributed by atoms with Crippen LogP contribution in [0.25, 0.3) is 0 Å². The molecule has 19 heavy (non-hydrogen) atoms. The van der Waals surface area contributed by atoms with E-state index >= 15 is 0 Å². The molecule has 4 heteroatoms. The Kier molecular flexibility index (Phi) is 3.80. The number of nitrogens with two attached hydrogens (primary N) is 1. The van der Waals surface area contributed by atoms with E-state index in [1.165, 1.54) is 11.1 Å². The van der Waals surface area contributed by atoms with Gasteiger partial charge in [0.2, 0.25) is 0 Å². The maximum atomic E-state index is 7.57. The number of benzene rings is 1. The van der Waals surface area contributed by atoms with Crippen LogP contribution in [0.1, 0.15) is 16.8 Å². The topological polar surface area (TPSA) is 66.0 Å². The maximum Gasteiger partial charge on any atom is 0.143 e. The molecule has 0 aliphatic heterocycles. The zero-order valence-corrected chi connectivity index (χ0v) is 11.2. The second kappa shape index (κ2) is 5.52. The van der Waals surface area contributed by atoms with Gasteiger partial charge in [-0.15, -0.1) is 0 Å². The van der Waals surface area contributed by atoms with Gasteiger partial charge < -0.3 is 10.6 Å². The summed E-state index contributed by atoms with van der Waals surface area (Å²) in [4.78, 5) is 6.22. The minimum Gasteiger partial charge on any atom is -0.382 e. The van der Waals surface area contributed by atoms with Gasteiger partial charge in [0.15, 0.2) is 0 Å². The van der Waals surface area contributed by atoms with Crippen LogP contribution < -0.4 is 10.6 Å². The normalized spacial score (nSPS) is 10.2. The monoisotopic (exact) mass is 254 g/mol. The van der Waals surface area contributed by atoms with Crippen LogP contribution in [0.3, 0.4) is 0 Å². The molecular weight excluding hydrogens is 236 g/mol. The molecule has 0 aliphatic rings. The standard InChI is InChI=1S/C15H18N4/c1-11-5-3-6-12(9-11)10-19(2)13-7-4-8-18-14(13)15(16)17/h3-9H,10H2,1-2H3,(H3,16,17). The molecule has 0 unspecified atom stereocenters. The van der Waals surface area contributed by atoms with E-state index in [9.17, 15) is 0 Å². The van der Waals surface area contributed by atoms with Gasteiger partial charge in [-0.05, 0) is 24.6 Å². The lowest BCUT2D eigenvalue weighted by atomic mass is 10.1. The van der Waals surface area contributed by atoms with E-state index in [0.717, 1.165) is 12.2 Å². The lowest BCUT2D eigenvalue weighted by Gasteiger charge is -2.21. The van der Waals surface area contributed by atoms with Gasteiger partial charge >= 0.3 is 0 Å². The van der Waals surface area contributed by atoms with Gasteiger partial charge in [-0.3, -0.25) is 10.4 Å². The fourth-order valence-corrected chi connectivity index (χ4v) is 2.08. The molecule has 2 rings (SSSR count). The summed E-state index contributed by atoms with van der Waals surface area (Å²) in [5, 5.41) is 7.57. The number of nitrogens with one attached hydrogen (secondary N) is 1. The number of nitrogens with zero attached hydrogens (tertiary/aromatic N) is 2. The van der Waals surface area contributed by atoms with Crippen molar-refractivity contribution >= 4 is 11.5 Å². The van der Waals surface area contributed by atoms with Crippen LogP contribution in [-0.2, 0) is 6.54 Å². The number of anilines is 1.